The molecular formula is C11H10N4O2. The standard InChI is InChI=1S/C11H10N4O2/c12-7-2-1-6-3-4-14-9(8(6)5-7)10(16)15-11(13)17/h1-5H,12H2,(H3,13,15,16,17). The Bertz CT molecular complexity index is 609. The van der Waals surface area contributed by atoms with Gasteiger partial charge in [0.15, 0.2) is 0 Å². The van der Waals surface area contributed by atoms with Gasteiger partial charge in [-0.2, -0.15) is 0 Å². The molecule has 6 heteroatoms. The Morgan fingerprint density at radius 3 is 2.71 bits per heavy atom. The highest BCUT2D eigenvalue weighted by Crippen LogP contribution is 2.19. The van der Waals surface area contributed by atoms with Crippen LogP contribution in [0.5, 0.6) is 0 Å². The van der Waals surface area contributed by atoms with Crippen LogP contribution in [0.25, 0.3) is 10.8 Å². The van der Waals surface area contributed by atoms with Crippen molar-refractivity contribution < 1.29 is 9.59 Å². The number of anilines is 1. The Labute approximate surface area is 96.6 Å². The molecule has 1 heterocycles. The minimum absolute atomic E-state index is 0.119. The van der Waals surface area contributed by atoms with Gasteiger partial charge in [-0.05, 0) is 23.6 Å². The molecule has 1 aromatic carbocycles. The lowest BCUT2D eigenvalue weighted by Gasteiger charge is -2.05. The van der Waals surface area contributed by atoms with E-state index in [1.807, 2.05) is 5.32 Å². The number of carbonyl (C=O) groups excluding carboxylic acids is 2. The van der Waals surface area contributed by atoms with Gasteiger partial charge in [0.25, 0.3) is 5.91 Å². The Kier molecular flexibility index (Phi) is 2.61. The number of aromatic nitrogens is 1. The van der Waals surface area contributed by atoms with Crippen molar-refractivity contribution in [2.45, 2.75) is 0 Å². The lowest BCUT2D eigenvalue weighted by molar-refractivity contribution is 0.0963. The van der Waals surface area contributed by atoms with E-state index in [0.717, 1.165) is 5.39 Å². The monoisotopic (exact) mass is 230 g/mol. The molecule has 0 aliphatic heterocycles. The van der Waals surface area contributed by atoms with Gasteiger partial charge in [-0.15, -0.1) is 0 Å². The highest BCUT2D eigenvalue weighted by atomic mass is 16.2. The number of primary amides is 1. The summed E-state index contributed by atoms with van der Waals surface area (Å²) in [4.78, 5) is 26.2. The van der Waals surface area contributed by atoms with Crippen molar-refractivity contribution >= 4 is 28.4 Å². The number of nitrogen functional groups attached to an aromatic ring is 1. The van der Waals surface area contributed by atoms with Crippen molar-refractivity contribution in [2.24, 2.45) is 5.73 Å². The van der Waals surface area contributed by atoms with E-state index in [-0.39, 0.29) is 5.69 Å². The molecule has 2 rings (SSSR count). The number of imide groups is 1. The minimum atomic E-state index is -0.919. The summed E-state index contributed by atoms with van der Waals surface area (Å²) in [6.07, 6.45) is 1.48. The van der Waals surface area contributed by atoms with Crippen LogP contribution in [0.15, 0.2) is 30.5 Å². The molecule has 86 valence electrons. The van der Waals surface area contributed by atoms with Crippen molar-refractivity contribution in [3.8, 4) is 0 Å². The second-order valence-corrected chi connectivity index (χ2v) is 3.46. The molecule has 0 bridgehead atoms. The molecule has 0 atom stereocenters. The fourth-order valence-electron chi connectivity index (χ4n) is 1.54. The highest BCUT2D eigenvalue weighted by molar-refractivity contribution is 6.10. The molecule has 0 fully saturated rings. The number of urea groups is 1. The predicted molar refractivity (Wildman–Crippen MR) is 63.2 cm³/mol. The van der Waals surface area contributed by atoms with E-state index < -0.39 is 11.9 Å². The number of rotatable bonds is 1. The summed E-state index contributed by atoms with van der Waals surface area (Å²) in [7, 11) is 0. The second kappa shape index (κ2) is 4.09. The van der Waals surface area contributed by atoms with Gasteiger partial charge < -0.3 is 11.5 Å². The van der Waals surface area contributed by atoms with Crippen molar-refractivity contribution in [3.05, 3.63) is 36.2 Å². The van der Waals surface area contributed by atoms with Crippen LogP contribution in [0.1, 0.15) is 10.5 Å². The van der Waals surface area contributed by atoms with Crippen molar-refractivity contribution in [2.75, 3.05) is 5.73 Å². The quantitative estimate of drug-likeness (QED) is 0.623. The van der Waals surface area contributed by atoms with Crippen LogP contribution >= 0.6 is 0 Å². The molecule has 0 spiro atoms. The number of benzene rings is 1. The zero-order valence-corrected chi connectivity index (χ0v) is 8.81. The van der Waals surface area contributed by atoms with Crippen LogP contribution in [0.3, 0.4) is 0 Å². The van der Waals surface area contributed by atoms with Crippen molar-refractivity contribution in [1.82, 2.24) is 10.3 Å². The van der Waals surface area contributed by atoms with Gasteiger partial charge in [0.05, 0.1) is 0 Å². The molecule has 17 heavy (non-hydrogen) atoms. The van der Waals surface area contributed by atoms with Crippen LogP contribution < -0.4 is 16.8 Å². The summed E-state index contributed by atoms with van der Waals surface area (Å²) < 4.78 is 0. The number of amides is 3. The lowest BCUT2D eigenvalue weighted by atomic mass is 10.1. The molecule has 1 aromatic heterocycles. The lowest BCUT2D eigenvalue weighted by Crippen LogP contribution is -2.35. The Morgan fingerprint density at radius 1 is 1.24 bits per heavy atom. The summed E-state index contributed by atoms with van der Waals surface area (Å²) >= 11 is 0. The van der Waals surface area contributed by atoms with Gasteiger partial charge in [0, 0.05) is 17.3 Å². The number of nitrogens with two attached hydrogens (primary N) is 2. The molecular weight excluding hydrogens is 220 g/mol. The van der Waals surface area contributed by atoms with Crippen LogP contribution in [0, 0.1) is 0 Å². The maximum absolute atomic E-state index is 11.7. The van der Waals surface area contributed by atoms with Crippen molar-refractivity contribution in [3.63, 3.8) is 0 Å². The van der Waals surface area contributed by atoms with E-state index in [0.29, 0.717) is 11.1 Å². The first-order valence-corrected chi connectivity index (χ1v) is 4.83. The zero-order valence-electron chi connectivity index (χ0n) is 8.81. The van der Waals surface area contributed by atoms with E-state index >= 15 is 0 Å². The Hall–Kier alpha value is -2.63. The molecule has 5 N–H and O–H groups in total. The number of carbonyl (C=O) groups is 2. The molecule has 0 unspecified atom stereocenters. The normalized spacial score (nSPS) is 10.1. The van der Waals surface area contributed by atoms with E-state index in [1.165, 1.54) is 6.20 Å². The van der Waals surface area contributed by atoms with Gasteiger partial charge >= 0.3 is 6.03 Å². The average Bonchev–Trinajstić information content (AvgIpc) is 2.27. The average molecular weight is 230 g/mol. The molecule has 2 aromatic rings. The summed E-state index contributed by atoms with van der Waals surface area (Å²) in [6.45, 7) is 0. The Morgan fingerprint density at radius 2 is 2.00 bits per heavy atom. The highest BCUT2D eigenvalue weighted by Gasteiger charge is 2.13. The number of nitrogens with zero attached hydrogens (tertiary/aromatic N) is 1. The van der Waals surface area contributed by atoms with Gasteiger partial charge in [-0.1, -0.05) is 6.07 Å². The third-order valence-corrected chi connectivity index (χ3v) is 2.24. The number of hydrogen-bond acceptors (Lipinski definition) is 4. The van der Waals surface area contributed by atoms with Gasteiger partial charge in [-0.25, -0.2) is 4.79 Å². The maximum atomic E-state index is 11.7. The summed E-state index contributed by atoms with van der Waals surface area (Å²) in [5.74, 6) is -0.645. The fraction of sp³-hybridized carbons (Fsp3) is 0. The molecule has 3 amide bonds. The molecule has 6 nitrogen and oxygen atoms in total. The third-order valence-electron chi connectivity index (χ3n) is 2.24. The maximum Gasteiger partial charge on any atom is 0.319 e. The van der Waals surface area contributed by atoms with Crippen LogP contribution in [0.4, 0.5) is 10.5 Å². The molecule has 0 aliphatic carbocycles. The van der Waals surface area contributed by atoms with E-state index in [9.17, 15) is 9.59 Å². The molecule has 0 saturated heterocycles. The SMILES string of the molecule is NC(=O)NC(=O)c1nccc2ccc(N)cc12. The largest absolute Gasteiger partial charge is 0.399 e. The number of nitrogens with one attached hydrogen (secondary N) is 1. The van der Waals surface area contributed by atoms with Crippen LogP contribution in [-0.2, 0) is 0 Å². The minimum Gasteiger partial charge on any atom is -0.399 e. The summed E-state index contributed by atoms with van der Waals surface area (Å²) in [5.41, 5.74) is 11.2. The topological polar surface area (TPSA) is 111 Å². The first kappa shape index (κ1) is 10.9. The molecule has 0 aliphatic rings. The number of hydrogen-bond donors (Lipinski definition) is 3. The van der Waals surface area contributed by atoms with E-state index in [4.69, 9.17) is 11.5 Å². The summed E-state index contributed by atoms with van der Waals surface area (Å²) in [6, 6.07) is 5.94. The van der Waals surface area contributed by atoms with Gasteiger partial charge in [-0.3, -0.25) is 15.1 Å². The number of pyridine rings is 1. The smallest absolute Gasteiger partial charge is 0.319 e. The van der Waals surface area contributed by atoms with E-state index in [2.05, 4.69) is 4.98 Å². The van der Waals surface area contributed by atoms with Crippen molar-refractivity contribution in [1.29, 1.82) is 0 Å². The van der Waals surface area contributed by atoms with Crippen LogP contribution in [-0.4, -0.2) is 16.9 Å². The predicted octanol–water partition coefficient (Wildman–Crippen LogP) is 0.625. The third kappa shape index (κ3) is 2.15. The van der Waals surface area contributed by atoms with Gasteiger partial charge in [0.2, 0.25) is 0 Å². The van der Waals surface area contributed by atoms with E-state index in [1.54, 1.807) is 24.3 Å². The first-order chi connectivity index (χ1) is 8.08. The van der Waals surface area contributed by atoms with Crippen LogP contribution in [0.2, 0.25) is 0 Å². The molecule has 0 radical (unpaired) electrons. The zero-order chi connectivity index (χ0) is 12.4. The first-order valence-electron chi connectivity index (χ1n) is 4.83. The molecule has 0 saturated carbocycles. The Balaban J connectivity index is 2.57. The fourth-order valence-corrected chi connectivity index (χ4v) is 1.54. The summed E-state index contributed by atoms with van der Waals surface area (Å²) in [5, 5.41) is 3.35. The number of fused-ring (bicyclic) bond motifs is 1. The second-order valence-electron chi connectivity index (χ2n) is 3.46. The van der Waals surface area contributed by atoms with Gasteiger partial charge in [0.1, 0.15) is 5.69 Å².